The number of thioether (sulfide) groups is 1. The zero-order valence-corrected chi connectivity index (χ0v) is 50.3. The van der Waals surface area contributed by atoms with Crippen LogP contribution in [-0.2, 0) is 19.6 Å². The molecule has 0 radical (unpaired) electrons. The molecule has 0 unspecified atom stereocenters. The van der Waals surface area contributed by atoms with E-state index in [1.54, 1.807) is 48.5 Å². The lowest BCUT2D eigenvalue weighted by Crippen LogP contribution is -2.39. The molecule has 0 saturated heterocycles. The SMILES string of the molecule is CN(C)Cc1c[nH]c2cc(N)ccc12.CN(C)Cc1c[nH]c2cc(Nc3ncc4c(n3)OCN(c3c(Cl)cccc3Cl)C4=O)ccc12.CN(C)Cc1c[nH]c2cc([N+](=O)[O-])ccc12.CSc1ncc2c(n1)OCN(c1c(Cl)cccc1Cl)C2=O. The van der Waals surface area contributed by atoms with Crippen LogP contribution in [0.2, 0.25) is 20.1 Å². The van der Waals surface area contributed by atoms with E-state index in [0.717, 1.165) is 63.9 Å². The Labute approximate surface area is 507 Å². The number of amides is 2. The van der Waals surface area contributed by atoms with Crippen molar-refractivity contribution in [3.63, 3.8) is 0 Å². The molecule has 0 aliphatic carbocycles. The van der Waals surface area contributed by atoms with Crippen molar-refractivity contribution < 1.29 is 24.0 Å². The first kappa shape index (κ1) is 60.4. The Morgan fingerprint density at radius 2 is 1.07 bits per heavy atom. The van der Waals surface area contributed by atoms with Gasteiger partial charge < -0.3 is 50.2 Å². The molecule has 2 aliphatic rings. The summed E-state index contributed by atoms with van der Waals surface area (Å²) in [6, 6.07) is 27.0. The second-order valence-electron chi connectivity index (χ2n) is 20.0. The van der Waals surface area contributed by atoms with Crippen LogP contribution in [0.3, 0.4) is 0 Å². The van der Waals surface area contributed by atoms with Crippen molar-refractivity contribution in [2.45, 2.75) is 24.8 Å². The van der Waals surface area contributed by atoms with Gasteiger partial charge in [0.05, 0.1) is 41.9 Å². The number of hydrogen-bond acceptors (Lipinski definition) is 16. The highest BCUT2D eigenvalue weighted by Crippen LogP contribution is 2.39. The molecule has 2 amide bonds. The highest BCUT2D eigenvalue weighted by atomic mass is 35.5. The van der Waals surface area contributed by atoms with Crippen molar-refractivity contribution in [1.29, 1.82) is 0 Å². The fraction of sp³-hybridized carbons (Fsp3) is 0.207. The summed E-state index contributed by atoms with van der Waals surface area (Å²) in [5.41, 5.74) is 15.4. The number of carbonyl (C=O) groups excluding carboxylic acids is 2. The number of nitrogens with zero attached hydrogens (tertiary/aromatic N) is 10. The fourth-order valence-corrected chi connectivity index (χ4v) is 10.7. The van der Waals surface area contributed by atoms with Gasteiger partial charge in [-0.3, -0.25) is 29.5 Å². The second kappa shape index (κ2) is 26.6. The molecule has 10 aromatic rings. The normalized spacial score (nSPS) is 12.7. The number of nitrogen functional groups attached to an aromatic ring is 1. The predicted octanol–water partition coefficient (Wildman–Crippen LogP) is 12.5. The molecule has 0 saturated carbocycles. The van der Waals surface area contributed by atoms with Crippen LogP contribution in [0.1, 0.15) is 37.4 Å². The number of H-pyrrole nitrogens is 3. The zero-order valence-electron chi connectivity index (χ0n) is 46.5. The number of aromatic nitrogens is 7. The van der Waals surface area contributed by atoms with Crippen molar-refractivity contribution in [3.8, 4) is 11.8 Å². The number of nitrogens with one attached hydrogen (secondary N) is 4. The van der Waals surface area contributed by atoms with E-state index in [-0.39, 0.29) is 58.8 Å². The van der Waals surface area contributed by atoms with Gasteiger partial charge in [-0.15, -0.1) is 0 Å². The Morgan fingerprint density at radius 1 is 0.631 bits per heavy atom. The Morgan fingerprint density at radius 3 is 1.55 bits per heavy atom. The number of ether oxygens (including phenoxy) is 2. The number of fused-ring (bicyclic) bond motifs is 5. The smallest absolute Gasteiger partial charge is 0.271 e. The van der Waals surface area contributed by atoms with E-state index in [4.69, 9.17) is 61.6 Å². The van der Waals surface area contributed by atoms with Crippen LogP contribution in [0.15, 0.2) is 127 Å². The summed E-state index contributed by atoms with van der Waals surface area (Å²) in [6.07, 6.45) is 10.7. The average molecular weight is 1230 g/mol. The Hall–Kier alpha value is -8.19. The molecule has 84 heavy (non-hydrogen) atoms. The largest absolute Gasteiger partial charge is 0.455 e. The van der Waals surface area contributed by atoms with Crippen molar-refractivity contribution in [2.24, 2.45) is 0 Å². The topological polar surface area (TPSA) is 249 Å². The molecule has 26 heteroatoms. The zero-order chi connectivity index (χ0) is 59.9. The summed E-state index contributed by atoms with van der Waals surface area (Å²) in [4.78, 5) is 71.4. The Balaban J connectivity index is 0.000000143. The second-order valence-corrected chi connectivity index (χ2v) is 22.4. The number of nitrogens with two attached hydrogens (primary N) is 1. The van der Waals surface area contributed by atoms with E-state index in [1.165, 1.54) is 56.5 Å². The predicted molar refractivity (Wildman–Crippen MR) is 335 cm³/mol. The lowest BCUT2D eigenvalue weighted by Gasteiger charge is -2.29. The van der Waals surface area contributed by atoms with Crippen LogP contribution in [0, 0.1) is 10.1 Å². The van der Waals surface area contributed by atoms with Gasteiger partial charge >= 0.3 is 0 Å². The van der Waals surface area contributed by atoms with Gasteiger partial charge in [0.2, 0.25) is 17.7 Å². The van der Waals surface area contributed by atoms with E-state index in [2.05, 4.69) is 81.1 Å². The Bertz CT molecular complexity index is 4020. The molecule has 0 atom stereocenters. The lowest BCUT2D eigenvalue weighted by molar-refractivity contribution is -0.384. The van der Waals surface area contributed by atoms with Gasteiger partial charge in [0.15, 0.2) is 18.6 Å². The average Bonchev–Trinajstić information content (AvgIpc) is 4.34. The van der Waals surface area contributed by atoms with E-state index < -0.39 is 0 Å². The van der Waals surface area contributed by atoms with Gasteiger partial charge in [-0.25, -0.2) is 9.97 Å². The standard InChI is InChI=1S/C23H20Cl2N6O2.C13H9Cl2N3O2S.C11H13N3O2.C11H15N3/c1-30(2)11-13-9-26-19-8-14(6-7-15(13)19)28-23-27-10-16-21(29-23)33-12-31(22(16)32)20-17(24)4-3-5-18(20)25;1-21-13-16-5-7-11(17-13)20-6-18(12(7)19)10-8(14)3-2-4-9(10)15;1-13(2)7-8-6-12-11-5-9(14(15)16)3-4-10(8)11;1-14(2)7-8-6-13-11-5-9(12)3-4-10(8)11/h3-10,26H,11-12H2,1-2H3,(H,27,28,29);2-5H,6H2,1H3;3-6,12H,7H2,1-2H3;3-6,13H,7,12H2,1-2H3. The van der Waals surface area contributed by atoms with Crippen LogP contribution in [0.4, 0.5) is 34.4 Å². The summed E-state index contributed by atoms with van der Waals surface area (Å²) >= 11 is 26.2. The lowest BCUT2D eigenvalue weighted by atomic mass is 10.1. The molecule has 21 nitrogen and oxygen atoms in total. The molecule has 0 bridgehead atoms. The number of non-ortho nitro benzene ring substituents is 1. The van der Waals surface area contributed by atoms with E-state index in [9.17, 15) is 19.7 Å². The third kappa shape index (κ3) is 13.9. The number of benzene rings is 5. The van der Waals surface area contributed by atoms with Crippen LogP contribution >= 0.6 is 58.2 Å². The number of para-hydroxylation sites is 2. The highest BCUT2D eigenvalue weighted by Gasteiger charge is 2.33. The molecule has 2 aliphatic heterocycles. The summed E-state index contributed by atoms with van der Waals surface area (Å²) < 4.78 is 11.3. The van der Waals surface area contributed by atoms with E-state index in [1.807, 2.05) is 77.3 Å². The van der Waals surface area contributed by atoms with Crippen molar-refractivity contribution >= 4 is 137 Å². The summed E-state index contributed by atoms with van der Waals surface area (Å²) in [5, 5.41) is 19.3. The first-order valence-corrected chi connectivity index (χ1v) is 28.5. The molecule has 6 N–H and O–H groups in total. The summed E-state index contributed by atoms with van der Waals surface area (Å²) in [5.74, 6) is 0.174. The van der Waals surface area contributed by atoms with Gasteiger partial charge in [0.1, 0.15) is 11.1 Å². The van der Waals surface area contributed by atoms with Gasteiger partial charge in [-0.2, -0.15) is 9.97 Å². The van der Waals surface area contributed by atoms with Crippen molar-refractivity contribution in [1.82, 2.24) is 49.6 Å². The van der Waals surface area contributed by atoms with E-state index in [0.29, 0.717) is 42.6 Å². The molecule has 0 spiro atoms. The summed E-state index contributed by atoms with van der Waals surface area (Å²) in [7, 11) is 12.2. The maximum Gasteiger partial charge on any atom is 0.271 e. The maximum atomic E-state index is 13.0. The minimum Gasteiger partial charge on any atom is -0.455 e. The third-order valence-electron chi connectivity index (χ3n) is 12.9. The monoisotopic (exact) mass is 1230 g/mol. The van der Waals surface area contributed by atoms with Crippen LogP contribution in [0.25, 0.3) is 32.7 Å². The van der Waals surface area contributed by atoms with Gasteiger partial charge in [-0.05, 0) is 120 Å². The fourth-order valence-electron chi connectivity index (χ4n) is 9.17. The number of nitro benzene ring substituents is 1. The quantitative estimate of drug-likeness (QED) is 0.0251. The first-order chi connectivity index (χ1) is 40.3. The number of halogens is 4. The van der Waals surface area contributed by atoms with Crippen LogP contribution in [0.5, 0.6) is 11.8 Å². The molecular weight excluding hydrogens is 1180 g/mol. The maximum absolute atomic E-state index is 13.0. The van der Waals surface area contributed by atoms with Crippen molar-refractivity contribution in [2.75, 3.05) is 82.9 Å². The van der Waals surface area contributed by atoms with Gasteiger partial charge in [0.25, 0.3) is 17.5 Å². The van der Waals surface area contributed by atoms with Crippen LogP contribution in [-0.4, -0.2) is 128 Å². The first-order valence-electron chi connectivity index (χ1n) is 25.7. The number of anilines is 5. The molecule has 12 rings (SSSR count). The van der Waals surface area contributed by atoms with Crippen LogP contribution < -0.4 is 30.3 Å². The Kier molecular flexibility index (Phi) is 19.1. The number of hydrogen-bond donors (Lipinski definition) is 5. The molecule has 0 fully saturated rings. The number of carbonyl (C=O) groups is 2. The number of nitro groups is 1. The highest BCUT2D eigenvalue weighted by molar-refractivity contribution is 7.98. The van der Waals surface area contributed by atoms with Gasteiger partial charge in [0, 0.05) is 101 Å². The molecule has 5 aromatic heterocycles. The minimum atomic E-state index is -0.383. The minimum absolute atomic E-state index is 0.000120. The molecule has 7 heterocycles. The van der Waals surface area contributed by atoms with Crippen molar-refractivity contribution in [3.05, 3.63) is 180 Å². The number of rotatable bonds is 12. The molecule has 434 valence electrons. The van der Waals surface area contributed by atoms with E-state index >= 15 is 0 Å². The molecule has 5 aromatic carbocycles. The number of aromatic amines is 3. The third-order valence-corrected chi connectivity index (χ3v) is 14.7. The van der Waals surface area contributed by atoms with Gasteiger partial charge in [-0.1, -0.05) is 82.4 Å². The molecular formula is C58H57Cl4N15O6S. The summed E-state index contributed by atoms with van der Waals surface area (Å²) in [6.45, 7) is 2.55.